The molecule has 0 radical (unpaired) electrons. The summed E-state index contributed by atoms with van der Waals surface area (Å²) in [4.78, 5) is 0. The van der Waals surface area contributed by atoms with Crippen LogP contribution in [0.2, 0.25) is 0 Å². The van der Waals surface area contributed by atoms with Gasteiger partial charge in [0.25, 0.3) is 0 Å². The van der Waals surface area contributed by atoms with Crippen LogP contribution in [0.5, 0.6) is 0 Å². The number of nitrogens with one attached hydrogen (secondary N) is 1. The van der Waals surface area contributed by atoms with Gasteiger partial charge in [0.2, 0.25) is 0 Å². The van der Waals surface area contributed by atoms with E-state index >= 15 is 0 Å². The van der Waals surface area contributed by atoms with Gasteiger partial charge in [0.1, 0.15) is 0 Å². The summed E-state index contributed by atoms with van der Waals surface area (Å²) in [6.07, 6.45) is 9.24. The topological polar surface area (TPSA) is 32.3 Å². The highest BCUT2D eigenvalue weighted by Gasteiger charge is 2.23. The van der Waals surface area contributed by atoms with Crippen LogP contribution in [0.25, 0.3) is 0 Å². The van der Waals surface area contributed by atoms with Gasteiger partial charge in [-0.2, -0.15) is 0 Å². The Morgan fingerprint density at radius 2 is 2.14 bits per heavy atom. The maximum Gasteiger partial charge on any atom is 0.0474 e. The standard InChI is InChI=1S/C12H23NO/c1-2-3-6-9-13-12-8-5-4-7-11(12)10-14/h2,11-14H,1,3-10H2. The minimum Gasteiger partial charge on any atom is -0.396 e. The highest BCUT2D eigenvalue weighted by Crippen LogP contribution is 2.23. The van der Waals surface area contributed by atoms with Crippen molar-refractivity contribution in [3.05, 3.63) is 12.7 Å². The molecule has 0 aromatic rings. The van der Waals surface area contributed by atoms with E-state index in [1.165, 1.54) is 25.7 Å². The van der Waals surface area contributed by atoms with Crippen LogP contribution in [0.15, 0.2) is 12.7 Å². The smallest absolute Gasteiger partial charge is 0.0474 e. The van der Waals surface area contributed by atoms with Gasteiger partial charge >= 0.3 is 0 Å². The van der Waals surface area contributed by atoms with Gasteiger partial charge in [-0.05, 0) is 38.1 Å². The van der Waals surface area contributed by atoms with E-state index < -0.39 is 0 Å². The quantitative estimate of drug-likeness (QED) is 0.505. The van der Waals surface area contributed by atoms with Crippen molar-refractivity contribution in [2.45, 2.75) is 44.6 Å². The zero-order valence-corrected chi connectivity index (χ0v) is 9.04. The van der Waals surface area contributed by atoms with Crippen LogP contribution in [0.3, 0.4) is 0 Å². The fourth-order valence-corrected chi connectivity index (χ4v) is 2.23. The van der Waals surface area contributed by atoms with Crippen LogP contribution in [0.1, 0.15) is 38.5 Å². The van der Waals surface area contributed by atoms with Gasteiger partial charge in [-0.15, -0.1) is 6.58 Å². The molecule has 0 spiro atoms. The molecule has 0 aromatic carbocycles. The lowest BCUT2D eigenvalue weighted by molar-refractivity contribution is 0.153. The molecule has 1 fully saturated rings. The Labute approximate surface area is 87.4 Å². The number of hydrogen-bond donors (Lipinski definition) is 2. The molecule has 1 aliphatic rings. The van der Waals surface area contributed by atoms with Crippen molar-refractivity contribution in [2.24, 2.45) is 5.92 Å². The highest BCUT2D eigenvalue weighted by molar-refractivity contribution is 4.80. The zero-order chi connectivity index (χ0) is 10.2. The van der Waals surface area contributed by atoms with E-state index in [1.807, 2.05) is 6.08 Å². The first-order chi connectivity index (χ1) is 6.88. The van der Waals surface area contributed by atoms with Crippen molar-refractivity contribution >= 4 is 0 Å². The van der Waals surface area contributed by atoms with E-state index in [1.54, 1.807) is 0 Å². The number of aliphatic hydroxyl groups is 1. The predicted octanol–water partition coefficient (Wildman–Crippen LogP) is 2.09. The highest BCUT2D eigenvalue weighted by atomic mass is 16.3. The second-order valence-corrected chi connectivity index (χ2v) is 4.22. The molecular formula is C12H23NO. The van der Waals surface area contributed by atoms with Gasteiger partial charge in [0.15, 0.2) is 0 Å². The SMILES string of the molecule is C=CCCCNC1CCCCC1CO. The normalized spacial score (nSPS) is 27.5. The Hall–Kier alpha value is -0.340. The molecule has 2 N–H and O–H groups in total. The van der Waals surface area contributed by atoms with E-state index in [2.05, 4.69) is 11.9 Å². The summed E-state index contributed by atoms with van der Waals surface area (Å²) >= 11 is 0. The van der Waals surface area contributed by atoms with Crippen LogP contribution >= 0.6 is 0 Å². The summed E-state index contributed by atoms with van der Waals surface area (Å²) in [6.45, 7) is 5.12. The summed E-state index contributed by atoms with van der Waals surface area (Å²) in [7, 11) is 0. The molecule has 1 rings (SSSR count). The molecule has 1 aliphatic carbocycles. The molecule has 2 unspecified atom stereocenters. The molecule has 2 atom stereocenters. The van der Waals surface area contributed by atoms with Gasteiger partial charge in [-0.3, -0.25) is 0 Å². The minimum atomic E-state index is 0.346. The second kappa shape index (κ2) is 7.02. The average molecular weight is 197 g/mol. The Morgan fingerprint density at radius 3 is 2.86 bits per heavy atom. The average Bonchev–Trinajstić information content (AvgIpc) is 2.25. The van der Waals surface area contributed by atoms with Crippen LogP contribution < -0.4 is 5.32 Å². The fraction of sp³-hybridized carbons (Fsp3) is 0.833. The largest absolute Gasteiger partial charge is 0.396 e. The molecule has 82 valence electrons. The van der Waals surface area contributed by atoms with Crippen molar-refractivity contribution in [1.29, 1.82) is 0 Å². The van der Waals surface area contributed by atoms with E-state index in [0.29, 0.717) is 18.6 Å². The lowest BCUT2D eigenvalue weighted by Crippen LogP contribution is -2.40. The third-order valence-electron chi connectivity index (χ3n) is 3.14. The fourth-order valence-electron chi connectivity index (χ4n) is 2.23. The molecule has 0 saturated heterocycles. The second-order valence-electron chi connectivity index (χ2n) is 4.22. The van der Waals surface area contributed by atoms with Gasteiger partial charge in [0.05, 0.1) is 0 Å². The maximum absolute atomic E-state index is 9.21. The molecule has 14 heavy (non-hydrogen) atoms. The molecule has 2 nitrogen and oxygen atoms in total. The molecular weight excluding hydrogens is 174 g/mol. The first kappa shape index (κ1) is 11.7. The first-order valence-electron chi connectivity index (χ1n) is 5.83. The van der Waals surface area contributed by atoms with Crippen LogP contribution in [0.4, 0.5) is 0 Å². The van der Waals surface area contributed by atoms with Gasteiger partial charge in [-0.25, -0.2) is 0 Å². The maximum atomic E-state index is 9.21. The third-order valence-corrected chi connectivity index (χ3v) is 3.14. The van der Waals surface area contributed by atoms with Crippen molar-refractivity contribution < 1.29 is 5.11 Å². The van der Waals surface area contributed by atoms with Gasteiger partial charge < -0.3 is 10.4 Å². The molecule has 0 aliphatic heterocycles. The lowest BCUT2D eigenvalue weighted by atomic mass is 9.85. The van der Waals surface area contributed by atoms with Gasteiger partial charge in [0, 0.05) is 12.6 Å². The lowest BCUT2D eigenvalue weighted by Gasteiger charge is -2.31. The third kappa shape index (κ3) is 3.81. The number of allylic oxidation sites excluding steroid dienone is 1. The number of aliphatic hydroxyl groups excluding tert-OH is 1. The number of unbranched alkanes of at least 4 members (excludes halogenated alkanes) is 1. The van der Waals surface area contributed by atoms with Crippen molar-refractivity contribution in [3.63, 3.8) is 0 Å². The van der Waals surface area contributed by atoms with E-state index in [-0.39, 0.29) is 0 Å². The van der Waals surface area contributed by atoms with Crippen LogP contribution in [-0.4, -0.2) is 24.3 Å². The molecule has 0 heterocycles. The first-order valence-corrected chi connectivity index (χ1v) is 5.83. The molecule has 0 aromatic heterocycles. The van der Waals surface area contributed by atoms with E-state index in [9.17, 15) is 5.11 Å². The summed E-state index contributed by atoms with van der Waals surface area (Å²) in [5.41, 5.74) is 0. The Balaban J connectivity index is 2.16. The Kier molecular flexibility index (Phi) is 5.88. The summed E-state index contributed by atoms with van der Waals surface area (Å²) < 4.78 is 0. The predicted molar refractivity (Wildman–Crippen MR) is 60.3 cm³/mol. The molecule has 2 heteroatoms. The molecule has 0 bridgehead atoms. The van der Waals surface area contributed by atoms with E-state index in [0.717, 1.165) is 19.4 Å². The monoisotopic (exact) mass is 197 g/mol. The van der Waals surface area contributed by atoms with Crippen molar-refractivity contribution in [1.82, 2.24) is 5.32 Å². The van der Waals surface area contributed by atoms with Crippen LogP contribution in [-0.2, 0) is 0 Å². The van der Waals surface area contributed by atoms with E-state index in [4.69, 9.17) is 0 Å². The van der Waals surface area contributed by atoms with Crippen LogP contribution in [0, 0.1) is 5.92 Å². The van der Waals surface area contributed by atoms with Crippen molar-refractivity contribution in [3.8, 4) is 0 Å². The summed E-state index contributed by atoms with van der Waals surface area (Å²) in [6, 6.07) is 0.554. The number of rotatable bonds is 6. The van der Waals surface area contributed by atoms with Crippen molar-refractivity contribution in [2.75, 3.05) is 13.2 Å². The Morgan fingerprint density at radius 1 is 1.36 bits per heavy atom. The molecule has 0 amide bonds. The summed E-state index contributed by atoms with van der Waals surface area (Å²) in [5, 5.41) is 12.8. The van der Waals surface area contributed by atoms with Gasteiger partial charge in [-0.1, -0.05) is 18.9 Å². The molecule has 1 saturated carbocycles. The summed E-state index contributed by atoms with van der Waals surface area (Å²) in [5.74, 6) is 0.493. The Bertz CT molecular complexity index is 158. The minimum absolute atomic E-state index is 0.346. The number of hydrogen-bond acceptors (Lipinski definition) is 2. The zero-order valence-electron chi connectivity index (χ0n) is 9.04.